The van der Waals surface area contributed by atoms with E-state index >= 15 is 0 Å². The van der Waals surface area contributed by atoms with Crippen molar-refractivity contribution in [1.29, 1.82) is 0 Å². The zero-order valence-corrected chi connectivity index (χ0v) is 11.5. The Kier molecular flexibility index (Phi) is 3.87. The molecule has 0 fully saturated rings. The molecule has 0 unspecified atom stereocenters. The van der Waals surface area contributed by atoms with E-state index in [0.717, 1.165) is 18.4 Å². The van der Waals surface area contributed by atoms with E-state index in [1.54, 1.807) is 6.07 Å². The Morgan fingerprint density at radius 2 is 1.80 bits per heavy atom. The van der Waals surface area contributed by atoms with E-state index in [9.17, 15) is 17.2 Å². The molecule has 2 N–H and O–H groups in total. The average Bonchev–Trinajstić information content (AvgIpc) is 2.37. The summed E-state index contributed by atoms with van der Waals surface area (Å²) in [5.41, 5.74) is 6.47. The van der Waals surface area contributed by atoms with E-state index in [1.165, 1.54) is 24.3 Å². The molecule has 1 atom stereocenters. The van der Waals surface area contributed by atoms with Crippen LogP contribution in [0.5, 0.6) is 0 Å². The molecule has 0 bridgehead atoms. The molecule has 2 aromatic rings. The second kappa shape index (κ2) is 5.30. The SMILES string of the molecule is CS(=O)(=O)c1cccc([C@H](N)c2ccc(F)cc2F)c1. The number of benzene rings is 2. The van der Waals surface area contributed by atoms with Crippen LogP contribution in [0.1, 0.15) is 17.2 Å². The number of hydrogen-bond acceptors (Lipinski definition) is 3. The van der Waals surface area contributed by atoms with Crippen LogP contribution in [0.2, 0.25) is 0 Å². The quantitative estimate of drug-likeness (QED) is 0.946. The lowest BCUT2D eigenvalue weighted by atomic mass is 9.99. The minimum absolute atomic E-state index is 0.105. The minimum Gasteiger partial charge on any atom is -0.320 e. The van der Waals surface area contributed by atoms with Crippen LogP contribution < -0.4 is 5.73 Å². The molecule has 2 rings (SSSR count). The molecular weight excluding hydrogens is 284 g/mol. The molecule has 2 aromatic carbocycles. The molecule has 0 aliphatic rings. The van der Waals surface area contributed by atoms with Crippen molar-refractivity contribution >= 4 is 9.84 Å². The van der Waals surface area contributed by atoms with Gasteiger partial charge in [0.25, 0.3) is 0 Å². The van der Waals surface area contributed by atoms with Crippen LogP contribution in [-0.4, -0.2) is 14.7 Å². The summed E-state index contributed by atoms with van der Waals surface area (Å²) < 4.78 is 49.5. The molecule has 3 nitrogen and oxygen atoms in total. The highest BCUT2D eigenvalue weighted by Gasteiger charge is 2.16. The lowest BCUT2D eigenvalue weighted by Gasteiger charge is -2.14. The van der Waals surface area contributed by atoms with Gasteiger partial charge in [0.1, 0.15) is 11.6 Å². The van der Waals surface area contributed by atoms with Crippen LogP contribution in [0.3, 0.4) is 0 Å². The Hall–Kier alpha value is -1.79. The van der Waals surface area contributed by atoms with Crippen molar-refractivity contribution in [3.8, 4) is 0 Å². The van der Waals surface area contributed by atoms with E-state index in [4.69, 9.17) is 5.73 Å². The zero-order chi connectivity index (χ0) is 14.9. The van der Waals surface area contributed by atoms with E-state index in [-0.39, 0.29) is 10.5 Å². The maximum atomic E-state index is 13.7. The molecule has 0 aliphatic carbocycles. The van der Waals surface area contributed by atoms with Crippen molar-refractivity contribution in [3.63, 3.8) is 0 Å². The van der Waals surface area contributed by atoms with E-state index in [0.29, 0.717) is 5.56 Å². The summed E-state index contributed by atoms with van der Waals surface area (Å²) in [6.45, 7) is 0. The van der Waals surface area contributed by atoms with E-state index < -0.39 is 27.5 Å². The van der Waals surface area contributed by atoms with Gasteiger partial charge in [-0.15, -0.1) is 0 Å². The minimum atomic E-state index is -3.37. The van der Waals surface area contributed by atoms with Crippen LogP contribution in [0, 0.1) is 11.6 Å². The number of halogens is 2. The fourth-order valence-electron chi connectivity index (χ4n) is 1.87. The molecule has 0 spiro atoms. The van der Waals surface area contributed by atoms with Gasteiger partial charge in [0, 0.05) is 17.9 Å². The van der Waals surface area contributed by atoms with Gasteiger partial charge in [0.2, 0.25) is 0 Å². The maximum Gasteiger partial charge on any atom is 0.175 e. The molecule has 0 aliphatic heterocycles. The lowest BCUT2D eigenvalue weighted by Crippen LogP contribution is -2.14. The first-order chi connectivity index (χ1) is 9.29. The first-order valence-corrected chi connectivity index (χ1v) is 7.69. The summed E-state index contributed by atoms with van der Waals surface area (Å²) in [5.74, 6) is -1.45. The topological polar surface area (TPSA) is 60.2 Å². The van der Waals surface area contributed by atoms with E-state index in [2.05, 4.69) is 0 Å². The third-order valence-electron chi connectivity index (χ3n) is 2.94. The third kappa shape index (κ3) is 3.02. The Labute approximate surface area is 116 Å². The zero-order valence-electron chi connectivity index (χ0n) is 10.7. The molecule has 0 saturated carbocycles. The molecule has 6 heteroatoms. The average molecular weight is 297 g/mol. The van der Waals surface area contributed by atoms with Crippen LogP contribution in [-0.2, 0) is 9.84 Å². The number of hydrogen-bond donors (Lipinski definition) is 1. The molecule has 0 radical (unpaired) electrons. The van der Waals surface area contributed by atoms with Gasteiger partial charge in [-0.3, -0.25) is 0 Å². The van der Waals surface area contributed by atoms with Crippen LogP contribution >= 0.6 is 0 Å². The fraction of sp³-hybridized carbons (Fsp3) is 0.143. The highest BCUT2D eigenvalue weighted by molar-refractivity contribution is 7.90. The van der Waals surface area contributed by atoms with Gasteiger partial charge in [-0.2, -0.15) is 0 Å². The van der Waals surface area contributed by atoms with Crippen LogP contribution in [0.25, 0.3) is 0 Å². The van der Waals surface area contributed by atoms with Gasteiger partial charge in [0.15, 0.2) is 9.84 Å². The molecule has 0 heterocycles. The van der Waals surface area contributed by atoms with Gasteiger partial charge in [-0.05, 0) is 23.8 Å². The van der Waals surface area contributed by atoms with Crippen molar-refractivity contribution in [2.45, 2.75) is 10.9 Å². The number of nitrogens with two attached hydrogens (primary N) is 1. The summed E-state index contributed by atoms with van der Waals surface area (Å²) in [6, 6.07) is 8.21. The Balaban J connectivity index is 2.46. The fourth-order valence-corrected chi connectivity index (χ4v) is 2.55. The summed E-state index contributed by atoms with van der Waals surface area (Å²) in [4.78, 5) is 0.105. The van der Waals surface area contributed by atoms with Crippen molar-refractivity contribution in [1.82, 2.24) is 0 Å². The second-order valence-corrected chi connectivity index (χ2v) is 6.50. The molecule has 0 amide bonds. The smallest absolute Gasteiger partial charge is 0.175 e. The van der Waals surface area contributed by atoms with Crippen LogP contribution in [0.15, 0.2) is 47.4 Å². The monoisotopic (exact) mass is 297 g/mol. The molecule has 0 aromatic heterocycles. The first kappa shape index (κ1) is 14.6. The predicted molar refractivity (Wildman–Crippen MR) is 71.9 cm³/mol. The number of rotatable bonds is 3. The molecule has 20 heavy (non-hydrogen) atoms. The Bertz CT molecular complexity index is 745. The van der Waals surface area contributed by atoms with Crippen LogP contribution in [0.4, 0.5) is 8.78 Å². The van der Waals surface area contributed by atoms with Gasteiger partial charge in [-0.25, -0.2) is 17.2 Å². The third-order valence-corrected chi connectivity index (χ3v) is 4.05. The summed E-state index contributed by atoms with van der Waals surface area (Å²) in [7, 11) is -3.37. The normalized spacial score (nSPS) is 13.2. The van der Waals surface area contributed by atoms with Crippen molar-refractivity contribution in [2.75, 3.05) is 6.26 Å². The highest BCUT2D eigenvalue weighted by atomic mass is 32.2. The summed E-state index contributed by atoms with van der Waals surface area (Å²) in [6.07, 6.45) is 1.08. The summed E-state index contributed by atoms with van der Waals surface area (Å²) in [5, 5.41) is 0. The Morgan fingerprint density at radius 3 is 2.40 bits per heavy atom. The highest BCUT2D eigenvalue weighted by Crippen LogP contribution is 2.24. The largest absolute Gasteiger partial charge is 0.320 e. The van der Waals surface area contributed by atoms with Gasteiger partial charge in [-0.1, -0.05) is 18.2 Å². The molecular formula is C14H13F2NO2S. The molecule has 0 saturated heterocycles. The van der Waals surface area contributed by atoms with Gasteiger partial charge < -0.3 is 5.73 Å². The van der Waals surface area contributed by atoms with Crippen molar-refractivity contribution in [3.05, 3.63) is 65.2 Å². The lowest BCUT2D eigenvalue weighted by molar-refractivity contribution is 0.566. The van der Waals surface area contributed by atoms with Crippen molar-refractivity contribution < 1.29 is 17.2 Å². The second-order valence-electron chi connectivity index (χ2n) is 4.49. The van der Waals surface area contributed by atoms with Crippen molar-refractivity contribution in [2.24, 2.45) is 5.73 Å². The number of sulfone groups is 1. The van der Waals surface area contributed by atoms with Gasteiger partial charge >= 0.3 is 0 Å². The first-order valence-electron chi connectivity index (χ1n) is 5.79. The predicted octanol–water partition coefficient (Wildman–Crippen LogP) is 2.42. The van der Waals surface area contributed by atoms with E-state index in [1.807, 2.05) is 0 Å². The standard InChI is InChI=1S/C14H13F2NO2S/c1-20(18,19)11-4-2-3-9(7-11)14(17)12-6-5-10(15)8-13(12)16/h2-8,14H,17H2,1H3/t14-/m0/s1. The Morgan fingerprint density at radius 1 is 1.10 bits per heavy atom. The maximum absolute atomic E-state index is 13.7. The van der Waals surface area contributed by atoms with Gasteiger partial charge in [0.05, 0.1) is 10.9 Å². The summed E-state index contributed by atoms with van der Waals surface area (Å²) >= 11 is 0. The molecule has 106 valence electrons.